The third-order valence-electron chi connectivity index (χ3n) is 8.26. The minimum atomic E-state index is -1.14. The van der Waals surface area contributed by atoms with Gasteiger partial charge in [-0.3, -0.25) is 24.1 Å². The van der Waals surface area contributed by atoms with E-state index < -0.39 is 29.6 Å². The van der Waals surface area contributed by atoms with Crippen LogP contribution in [-0.2, 0) is 30.4 Å². The number of carboxylic acids is 1. The minimum Gasteiger partial charge on any atom is -0.480 e. The summed E-state index contributed by atoms with van der Waals surface area (Å²) in [4.78, 5) is 65.8. The minimum absolute atomic E-state index is 0.0646. The summed E-state index contributed by atoms with van der Waals surface area (Å²) in [6, 6.07) is 14.5. The number of nitrogens with one attached hydrogen (secondary N) is 2. The van der Waals surface area contributed by atoms with Crippen molar-refractivity contribution in [2.45, 2.75) is 77.5 Å². The Balaban J connectivity index is 1.51. The number of anilines is 1. The van der Waals surface area contributed by atoms with Crippen molar-refractivity contribution in [3.8, 4) is 0 Å². The standard InChI is InChI=1S/C31H38N4O6/c1-20-28(38)35(27(34(20)22(3)37)24-9-5-4-6-10-24)25-13-11-23(12-14-25)19-26(29(39)40)33-30(41)31(15-7-8-16-31)17-18-32-21(2)36/h4-6,9-14,20,26-27H,7-8,15-19H2,1-3H3,(H,32,36)(H,33,41)(H,39,40)/t20-,26?,27+/m1/s1. The van der Waals surface area contributed by atoms with E-state index in [1.165, 1.54) is 13.8 Å². The fourth-order valence-corrected chi connectivity index (χ4v) is 6.09. The molecule has 0 spiro atoms. The van der Waals surface area contributed by atoms with Crippen LogP contribution in [0.5, 0.6) is 0 Å². The molecule has 10 heteroatoms. The Morgan fingerprint density at radius 3 is 2.20 bits per heavy atom. The normalized spacial score (nSPS) is 20.5. The van der Waals surface area contributed by atoms with Gasteiger partial charge in [0, 0.05) is 32.5 Å². The zero-order valence-corrected chi connectivity index (χ0v) is 23.8. The lowest BCUT2D eigenvalue weighted by Gasteiger charge is -2.31. The zero-order valence-electron chi connectivity index (χ0n) is 23.8. The summed E-state index contributed by atoms with van der Waals surface area (Å²) in [6.07, 6.45) is 2.99. The first-order valence-electron chi connectivity index (χ1n) is 14.1. The Kier molecular flexibility index (Phi) is 9.10. The van der Waals surface area contributed by atoms with Crippen LogP contribution in [-0.4, -0.2) is 58.2 Å². The van der Waals surface area contributed by atoms with E-state index in [2.05, 4.69) is 10.6 Å². The monoisotopic (exact) mass is 562 g/mol. The molecule has 1 heterocycles. The van der Waals surface area contributed by atoms with Crippen molar-refractivity contribution < 1.29 is 29.1 Å². The summed E-state index contributed by atoms with van der Waals surface area (Å²) in [5.74, 6) is -2.02. The molecule has 4 rings (SSSR count). The first-order valence-corrected chi connectivity index (χ1v) is 14.1. The van der Waals surface area contributed by atoms with Crippen LogP contribution in [0, 0.1) is 5.41 Å². The molecule has 2 aliphatic rings. The van der Waals surface area contributed by atoms with Crippen LogP contribution in [0.25, 0.3) is 0 Å². The highest BCUT2D eigenvalue weighted by Crippen LogP contribution is 2.41. The molecule has 218 valence electrons. The summed E-state index contributed by atoms with van der Waals surface area (Å²) >= 11 is 0. The second kappa shape index (κ2) is 12.5. The molecule has 1 aliphatic carbocycles. The summed E-state index contributed by atoms with van der Waals surface area (Å²) < 4.78 is 0. The number of benzene rings is 2. The lowest BCUT2D eigenvalue weighted by atomic mass is 9.81. The number of carboxylic acid groups (broad SMARTS) is 1. The van der Waals surface area contributed by atoms with E-state index in [9.17, 15) is 29.1 Å². The third kappa shape index (κ3) is 6.42. The fraction of sp³-hybridized carbons (Fsp3) is 0.452. The van der Waals surface area contributed by atoms with Gasteiger partial charge in [-0.15, -0.1) is 0 Å². The van der Waals surface area contributed by atoms with Gasteiger partial charge < -0.3 is 20.6 Å². The second-order valence-electron chi connectivity index (χ2n) is 11.1. The van der Waals surface area contributed by atoms with Gasteiger partial charge in [0.15, 0.2) is 0 Å². The van der Waals surface area contributed by atoms with Crippen molar-refractivity contribution >= 4 is 35.3 Å². The lowest BCUT2D eigenvalue weighted by molar-refractivity contribution is -0.144. The van der Waals surface area contributed by atoms with E-state index in [1.807, 2.05) is 30.3 Å². The fourth-order valence-electron chi connectivity index (χ4n) is 6.09. The molecule has 3 N–H and O–H groups in total. The number of hydrogen-bond donors (Lipinski definition) is 3. The van der Waals surface area contributed by atoms with Gasteiger partial charge in [0.1, 0.15) is 18.2 Å². The van der Waals surface area contributed by atoms with Crippen molar-refractivity contribution in [3.05, 3.63) is 65.7 Å². The van der Waals surface area contributed by atoms with Crippen molar-refractivity contribution in [1.82, 2.24) is 15.5 Å². The second-order valence-corrected chi connectivity index (χ2v) is 11.1. The number of carbonyl (C=O) groups excluding carboxylic acids is 4. The van der Waals surface area contributed by atoms with E-state index in [0.29, 0.717) is 37.1 Å². The Labute approximate surface area is 240 Å². The van der Waals surface area contributed by atoms with Crippen molar-refractivity contribution in [3.63, 3.8) is 0 Å². The van der Waals surface area contributed by atoms with Crippen molar-refractivity contribution in [2.24, 2.45) is 5.41 Å². The van der Waals surface area contributed by atoms with Crippen LogP contribution in [0.15, 0.2) is 54.6 Å². The molecule has 41 heavy (non-hydrogen) atoms. The maximum absolute atomic E-state index is 13.3. The van der Waals surface area contributed by atoms with Crippen LogP contribution in [0.2, 0.25) is 0 Å². The molecule has 0 bridgehead atoms. The molecule has 0 radical (unpaired) electrons. The number of carbonyl (C=O) groups is 5. The van der Waals surface area contributed by atoms with Gasteiger partial charge in [-0.1, -0.05) is 55.3 Å². The van der Waals surface area contributed by atoms with Crippen molar-refractivity contribution in [1.29, 1.82) is 0 Å². The largest absolute Gasteiger partial charge is 0.480 e. The maximum atomic E-state index is 13.3. The van der Waals surface area contributed by atoms with E-state index >= 15 is 0 Å². The van der Waals surface area contributed by atoms with Gasteiger partial charge in [0.2, 0.25) is 17.7 Å². The zero-order chi connectivity index (χ0) is 29.7. The molecule has 1 saturated carbocycles. The average molecular weight is 563 g/mol. The van der Waals surface area contributed by atoms with Crippen LogP contribution < -0.4 is 15.5 Å². The molecule has 10 nitrogen and oxygen atoms in total. The summed E-state index contributed by atoms with van der Waals surface area (Å²) in [5.41, 5.74) is 1.38. The highest BCUT2D eigenvalue weighted by molar-refractivity contribution is 6.03. The van der Waals surface area contributed by atoms with E-state index in [1.54, 1.807) is 41.0 Å². The first-order chi connectivity index (χ1) is 19.5. The highest BCUT2D eigenvalue weighted by atomic mass is 16.4. The number of aliphatic carboxylic acids is 1. The van der Waals surface area contributed by atoms with Crippen LogP contribution in [0.4, 0.5) is 5.69 Å². The number of rotatable bonds is 10. The average Bonchev–Trinajstić information content (AvgIpc) is 3.52. The molecule has 2 aromatic carbocycles. The van der Waals surface area contributed by atoms with Crippen LogP contribution >= 0.6 is 0 Å². The Hall–Kier alpha value is -4.21. The van der Waals surface area contributed by atoms with E-state index in [4.69, 9.17) is 0 Å². The molecule has 0 aromatic heterocycles. The maximum Gasteiger partial charge on any atom is 0.326 e. The molecule has 1 aliphatic heterocycles. The molecular formula is C31H38N4O6. The Bertz CT molecular complexity index is 1290. The molecule has 3 atom stereocenters. The summed E-state index contributed by atoms with van der Waals surface area (Å²) in [7, 11) is 0. The Morgan fingerprint density at radius 1 is 1.00 bits per heavy atom. The molecule has 1 saturated heterocycles. The van der Waals surface area contributed by atoms with Crippen LogP contribution in [0.1, 0.15) is 70.2 Å². The molecule has 1 unspecified atom stereocenters. The number of amides is 4. The first kappa shape index (κ1) is 29.8. The molecule has 4 amide bonds. The molecule has 2 fully saturated rings. The SMILES string of the molecule is CC(=O)NCCC1(C(=O)NC(Cc2ccc(N3C(=O)[C@@H](C)N(C(C)=O)[C@@H]3c3ccccc3)cc2)C(=O)O)CCCC1. The number of nitrogens with zero attached hydrogens (tertiary/aromatic N) is 2. The van der Waals surface area contributed by atoms with Gasteiger partial charge >= 0.3 is 5.97 Å². The third-order valence-corrected chi connectivity index (χ3v) is 8.26. The molecular weight excluding hydrogens is 524 g/mol. The predicted octanol–water partition coefficient (Wildman–Crippen LogP) is 3.17. The van der Waals surface area contributed by atoms with E-state index in [0.717, 1.165) is 18.4 Å². The predicted molar refractivity (Wildman–Crippen MR) is 153 cm³/mol. The van der Waals surface area contributed by atoms with Gasteiger partial charge in [-0.25, -0.2) is 4.79 Å². The number of hydrogen-bond acceptors (Lipinski definition) is 5. The summed E-state index contributed by atoms with van der Waals surface area (Å²) in [5, 5.41) is 15.4. The Morgan fingerprint density at radius 2 is 1.63 bits per heavy atom. The van der Waals surface area contributed by atoms with Gasteiger partial charge in [0.05, 0.1) is 5.41 Å². The van der Waals surface area contributed by atoms with Gasteiger partial charge in [-0.05, 0) is 49.4 Å². The molecule has 2 aromatic rings. The van der Waals surface area contributed by atoms with E-state index in [-0.39, 0.29) is 30.0 Å². The highest BCUT2D eigenvalue weighted by Gasteiger charge is 2.46. The summed E-state index contributed by atoms with van der Waals surface area (Å²) in [6.45, 7) is 4.94. The smallest absolute Gasteiger partial charge is 0.326 e. The van der Waals surface area contributed by atoms with Gasteiger partial charge in [0.25, 0.3) is 5.91 Å². The van der Waals surface area contributed by atoms with Gasteiger partial charge in [-0.2, -0.15) is 0 Å². The van der Waals surface area contributed by atoms with Crippen LogP contribution in [0.3, 0.4) is 0 Å². The van der Waals surface area contributed by atoms with Crippen molar-refractivity contribution in [2.75, 3.05) is 11.4 Å². The topological polar surface area (TPSA) is 136 Å². The quantitative estimate of drug-likeness (QED) is 0.407. The lowest BCUT2D eigenvalue weighted by Crippen LogP contribution is -2.49.